The molecule has 0 aliphatic carbocycles. The molecule has 208 valence electrons. The number of hydrogen-bond donors (Lipinski definition) is 2. The van der Waals surface area contributed by atoms with E-state index in [0.29, 0.717) is 58.6 Å². The van der Waals surface area contributed by atoms with Gasteiger partial charge >= 0.3 is 0 Å². The molecule has 6 rings (SSSR count). The number of benzene rings is 3. The third kappa shape index (κ3) is 5.07. The summed E-state index contributed by atoms with van der Waals surface area (Å²) < 4.78 is 40.2. The minimum atomic E-state index is -1.09. The number of nitrogen functional groups attached to an aromatic ring is 1. The number of ether oxygens (including phenoxy) is 2. The van der Waals surface area contributed by atoms with E-state index in [1.54, 1.807) is 47.4 Å². The Labute approximate surface area is 240 Å². The summed E-state index contributed by atoms with van der Waals surface area (Å²) in [4.78, 5) is 31.1. The molecule has 1 aliphatic heterocycles. The number of nitrogens with two attached hydrogens (primary N) is 1. The lowest BCUT2D eigenvalue weighted by atomic mass is 10.1. The van der Waals surface area contributed by atoms with E-state index in [1.807, 2.05) is 0 Å². The van der Waals surface area contributed by atoms with Gasteiger partial charge in [-0.05, 0) is 70.5 Å². The molecule has 1 saturated heterocycles. The monoisotopic (exact) mass is 621 g/mol. The number of anilines is 1. The first kappa shape index (κ1) is 26.7. The van der Waals surface area contributed by atoms with Crippen molar-refractivity contribution in [2.45, 2.75) is 0 Å². The highest BCUT2D eigenvalue weighted by atomic mass is 79.9. The SMILES string of the molecule is Nc1c(C(=O)c2cc3cc(C(=O)N4CCOCC4)ccc3[nH]2)cnn1-c1ccc(Oc2cccc(F)c2F)cc1Br. The van der Waals surface area contributed by atoms with Gasteiger partial charge in [-0.15, -0.1) is 0 Å². The third-order valence-electron chi connectivity index (χ3n) is 6.75. The molecule has 0 unspecified atom stereocenters. The van der Waals surface area contributed by atoms with Crippen LogP contribution in [-0.4, -0.2) is 57.7 Å². The van der Waals surface area contributed by atoms with Gasteiger partial charge in [0, 0.05) is 34.0 Å². The molecule has 0 bridgehead atoms. The highest BCUT2D eigenvalue weighted by Crippen LogP contribution is 2.32. The van der Waals surface area contributed by atoms with Crippen LogP contribution in [0.15, 0.2) is 71.3 Å². The largest absolute Gasteiger partial charge is 0.454 e. The minimum Gasteiger partial charge on any atom is -0.454 e. The highest BCUT2D eigenvalue weighted by Gasteiger charge is 2.22. The molecule has 5 aromatic rings. The van der Waals surface area contributed by atoms with E-state index >= 15 is 0 Å². The topological polar surface area (TPSA) is 115 Å². The van der Waals surface area contributed by atoms with Gasteiger partial charge in [-0.1, -0.05) is 6.07 Å². The summed E-state index contributed by atoms with van der Waals surface area (Å²) in [7, 11) is 0. The van der Waals surface area contributed by atoms with Crippen molar-refractivity contribution in [3.63, 3.8) is 0 Å². The smallest absolute Gasteiger partial charge is 0.254 e. The molecule has 2 aromatic heterocycles. The Morgan fingerprint density at radius 1 is 1.05 bits per heavy atom. The van der Waals surface area contributed by atoms with Crippen molar-refractivity contribution >= 4 is 44.3 Å². The average molecular weight is 622 g/mol. The molecule has 0 radical (unpaired) electrons. The lowest BCUT2D eigenvalue weighted by Gasteiger charge is -2.26. The summed E-state index contributed by atoms with van der Waals surface area (Å²) in [6.07, 6.45) is 1.37. The molecule has 0 spiro atoms. The van der Waals surface area contributed by atoms with Crippen LogP contribution in [0, 0.1) is 11.6 Å². The first-order valence-corrected chi connectivity index (χ1v) is 13.4. The Bertz CT molecular complexity index is 1810. The van der Waals surface area contributed by atoms with Gasteiger partial charge in [0.05, 0.1) is 36.4 Å². The van der Waals surface area contributed by atoms with Crippen LogP contribution in [0.3, 0.4) is 0 Å². The predicted molar refractivity (Wildman–Crippen MR) is 151 cm³/mol. The van der Waals surface area contributed by atoms with Crippen molar-refractivity contribution in [3.05, 3.63) is 99.8 Å². The number of aromatic nitrogens is 3. The maximum Gasteiger partial charge on any atom is 0.254 e. The molecular weight excluding hydrogens is 600 g/mol. The van der Waals surface area contributed by atoms with Crippen LogP contribution >= 0.6 is 15.9 Å². The van der Waals surface area contributed by atoms with Crippen molar-refractivity contribution < 1.29 is 27.8 Å². The zero-order valence-electron chi connectivity index (χ0n) is 21.4. The lowest BCUT2D eigenvalue weighted by Crippen LogP contribution is -2.40. The normalized spacial score (nSPS) is 13.5. The summed E-state index contributed by atoms with van der Waals surface area (Å²) >= 11 is 3.43. The number of hydrogen-bond acceptors (Lipinski definition) is 6. The number of morpholine rings is 1. The number of halogens is 3. The van der Waals surface area contributed by atoms with Crippen LogP contribution in [0.25, 0.3) is 16.6 Å². The summed E-state index contributed by atoms with van der Waals surface area (Å²) in [6.45, 7) is 2.09. The first-order valence-electron chi connectivity index (χ1n) is 12.6. The Morgan fingerprint density at radius 3 is 2.63 bits per heavy atom. The number of nitrogens with one attached hydrogen (secondary N) is 1. The Kier molecular flexibility index (Phi) is 7.01. The second-order valence-electron chi connectivity index (χ2n) is 9.34. The minimum absolute atomic E-state index is 0.0853. The Morgan fingerprint density at radius 2 is 1.85 bits per heavy atom. The van der Waals surface area contributed by atoms with Crippen LogP contribution < -0.4 is 10.5 Å². The molecule has 1 fully saturated rings. The molecule has 0 atom stereocenters. The van der Waals surface area contributed by atoms with Gasteiger partial charge in [0.25, 0.3) is 5.91 Å². The van der Waals surface area contributed by atoms with Crippen LogP contribution in [0.1, 0.15) is 26.4 Å². The molecule has 3 aromatic carbocycles. The third-order valence-corrected chi connectivity index (χ3v) is 7.39. The van der Waals surface area contributed by atoms with Gasteiger partial charge in [-0.25, -0.2) is 9.07 Å². The van der Waals surface area contributed by atoms with Gasteiger partial charge in [-0.2, -0.15) is 9.49 Å². The van der Waals surface area contributed by atoms with E-state index in [4.69, 9.17) is 15.2 Å². The van der Waals surface area contributed by atoms with Gasteiger partial charge in [0.15, 0.2) is 11.6 Å². The van der Waals surface area contributed by atoms with Gasteiger partial charge in [-0.3, -0.25) is 9.59 Å². The fourth-order valence-corrected chi connectivity index (χ4v) is 5.15. The maximum atomic E-state index is 14.0. The fourth-order valence-electron chi connectivity index (χ4n) is 4.62. The van der Waals surface area contributed by atoms with E-state index in [-0.39, 0.29) is 34.6 Å². The Balaban J connectivity index is 1.23. The number of ketones is 1. The number of H-pyrrole nitrogens is 1. The van der Waals surface area contributed by atoms with Crippen LogP contribution in [0.2, 0.25) is 0 Å². The van der Waals surface area contributed by atoms with Crippen LogP contribution in [0.4, 0.5) is 14.6 Å². The van der Waals surface area contributed by atoms with E-state index in [0.717, 1.165) is 6.07 Å². The molecule has 12 heteroatoms. The number of amides is 1. The number of aromatic amines is 1. The number of carbonyl (C=O) groups excluding carboxylic acids is 2. The van der Waals surface area contributed by atoms with Crippen molar-refractivity contribution in [2.75, 3.05) is 32.0 Å². The van der Waals surface area contributed by atoms with Crippen LogP contribution in [0.5, 0.6) is 11.5 Å². The molecular formula is C29H22BrF2N5O4. The van der Waals surface area contributed by atoms with Crippen molar-refractivity contribution in [1.82, 2.24) is 19.7 Å². The first-order chi connectivity index (χ1) is 19.8. The molecule has 3 N–H and O–H groups in total. The quantitative estimate of drug-likeness (QED) is 0.243. The number of nitrogens with zero attached hydrogens (tertiary/aromatic N) is 3. The Hall–Kier alpha value is -4.55. The van der Waals surface area contributed by atoms with E-state index < -0.39 is 11.6 Å². The molecule has 0 saturated carbocycles. The number of rotatable bonds is 6. The summed E-state index contributed by atoms with van der Waals surface area (Å²) in [5.74, 6) is -2.48. The summed E-state index contributed by atoms with van der Waals surface area (Å²) in [5.41, 5.74) is 8.54. The van der Waals surface area contributed by atoms with Gasteiger partial charge in [0.1, 0.15) is 11.6 Å². The standard InChI is InChI=1S/C29H22BrF2N5O4/c30-20-14-18(41-25-3-1-2-21(31)26(25)32)5-7-24(20)37-28(33)19(15-34-37)27(38)23-13-17-12-16(4-6-22(17)35-23)29(39)36-8-10-40-11-9-36/h1-7,12-15,35H,8-11,33H2. The molecule has 41 heavy (non-hydrogen) atoms. The number of fused-ring (bicyclic) bond motifs is 1. The van der Waals surface area contributed by atoms with Crippen molar-refractivity contribution in [3.8, 4) is 17.2 Å². The molecule has 1 aliphatic rings. The molecule has 1 amide bonds. The van der Waals surface area contributed by atoms with Crippen LogP contribution in [-0.2, 0) is 4.74 Å². The van der Waals surface area contributed by atoms with E-state index in [2.05, 4.69) is 26.0 Å². The number of carbonyl (C=O) groups is 2. The molecule has 3 heterocycles. The lowest BCUT2D eigenvalue weighted by molar-refractivity contribution is 0.0303. The van der Waals surface area contributed by atoms with E-state index in [9.17, 15) is 18.4 Å². The maximum absolute atomic E-state index is 14.0. The highest BCUT2D eigenvalue weighted by molar-refractivity contribution is 9.10. The zero-order valence-corrected chi connectivity index (χ0v) is 23.0. The van der Waals surface area contributed by atoms with Gasteiger partial charge in [0.2, 0.25) is 11.6 Å². The molecule has 9 nitrogen and oxygen atoms in total. The van der Waals surface area contributed by atoms with Gasteiger partial charge < -0.3 is 25.1 Å². The second-order valence-corrected chi connectivity index (χ2v) is 10.2. The van der Waals surface area contributed by atoms with Crippen molar-refractivity contribution in [1.29, 1.82) is 0 Å². The van der Waals surface area contributed by atoms with E-state index in [1.165, 1.54) is 23.0 Å². The second kappa shape index (κ2) is 10.8. The fraction of sp³-hybridized carbons (Fsp3) is 0.138. The summed E-state index contributed by atoms with van der Waals surface area (Å²) in [5, 5.41) is 5.01. The average Bonchev–Trinajstić information content (AvgIpc) is 3.58. The predicted octanol–water partition coefficient (Wildman–Crippen LogP) is 5.47. The summed E-state index contributed by atoms with van der Waals surface area (Å²) in [6, 6.07) is 15.3. The zero-order chi connectivity index (χ0) is 28.7. The van der Waals surface area contributed by atoms with Crippen molar-refractivity contribution in [2.24, 2.45) is 0 Å².